The third kappa shape index (κ3) is 3.65. The van der Waals surface area contributed by atoms with Crippen molar-refractivity contribution in [1.82, 2.24) is 14.5 Å². The first kappa shape index (κ1) is 18.9. The molecule has 0 amide bonds. The van der Waals surface area contributed by atoms with Gasteiger partial charge in [0.05, 0.1) is 22.7 Å². The predicted molar refractivity (Wildman–Crippen MR) is 109 cm³/mol. The first-order chi connectivity index (χ1) is 11.7. The molecule has 2 aromatic heterocycles. The average molecular weight is 429 g/mol. The summed E-state index contributed by atoms with van der Waals surface area (Å²) in [5.41, 5.74) is 8.04. The number of pyridine rings is 1. The fraction of sp³-hybridized carbons (Fsp3) is 0.588. The SMILES string of the molecule is C=P(C)(C)CC[C@H]1O[C@@H](n2c(CC)nc3c(N)ccnc32)[C@H](Br)[C@@H]1O. The number of aryl methyl sites for hydroxylation is 1. The summed E-state index contributed by atoms with van der Waals surface area (Å²) >= 11 is 3.63. The number of halogens is 1. The van der Waals surface area contributed by atoms with Crippen LogP contribution in [0.4, 0.5) is 5.69 Å². The van der Waals surface area contributed by atoms with Crippen molar-refractivity contribution in [3.05, 3.63) is 18.1 Å². The summed E-state index contributed by atoms with van der Waals surface area (Å²) < 4.78 is 8.22. The molecule has 0 bridgehead atoms. The molecule has 3 rings (SSSR count). The topological polar surface area (TPSA) is 86.2 Å². The second kappa shape index (κ2) is 7.03. The van der Waals surface area contributed by atoms with Crippen molar-refractivity contribution in [2.75, 3.05) is 25.2 Å². The molecule has 6 nitrogen and oxygen atoms in total. The zero-order valence-corrected chi connectivity index (χ0v) is 17.4. The Morgan fingerprint density at radius 2 is 2.20 bits per heavy atom. The van der Waals surface area contributed by atoms with Crippen LogP contribution in [0.1, 0.15) is 25.4 Å². The van der Waals surface area contributed by atoms with Crippen LogP contribution < -0.4 is 5.73 Å². The Morgan fingerprint density at radius 1 is 1.48 bits per heavy atom. The number of fused-ring (bicyclic) bond motifs is 1. The van der Waals surface area contributed by atoms with Gasteiger partial charge in [-0.1, -0.05) is 22.9 Å². The van der Waals surface area contributed by atoms with E-state index in [1.54, 1.807) is 12.3 Å². The average Bonchev–Trinajstić information content (AvgIpc) is 3.05. The summed E-state index contributed by atoms with van der Waals surface area (Å²) in [5.74, 6) is 0.854. The van der Waals surface area contributed by atoms with Crippen molar-refractivity contribution in [2.24, 2.45) is 0 Å². The molecule has 0 aromatic carbocycles. The van der Waals surface area contributed by atoms with Crippen LogP contribution in [0.15, 0.2) is 12.3 Å². The summed E-state index contributed by atoms with van der Waals surface area (Å²) in [6.45, 7) is 5.27. The molecule has 1 saturated heterocycles. The zero-order chi connectivity index (χ0) is 18.4. The lowest BCUT2D eigenvalue weighted by Gasteiger charge is -2.20. The van der Waals surface area contributed by atoms with Crippen molar-refractivity contribution < 1.29 is 9.84 Å². The Hall–Kier alpha value is -0.880. The minimum atomic E-state index is -1.16. The second-order valence-corrected chi connectivity index (χ2v) is 12.6. The van der Waals surface area contributed by atoms with E-state index in [-0.39, 0.29) is 17.2 Å². The van der Waals surface area contributed by atoms with Gasteiger partial charge in [0.1, 0.15) is 11.3 Å². The van der Waals surface area contributed by atoms with Crippen LogP contribution >= 0.6 is 22.8 Å². The molecule has 0 unspecified atom stereocenters. The highest BCUT2D eigenvalue weighted by molar-refractivity contribution is 9.09. The Kier molecular flexibility index (Phi) is 5.31. The van der Waals surface area contributed by atoms with Gasteiger partial charge < -0.3 is 15.6 Å². The maximum atomic E-state index is 10.7. The number of hydrogen-bond acceptors (Lipinski definition) is 5. The largest absolute Gasteiger partial charge is 0.397 e. The summed E-state index contributed by atoms with van der Waals surface area (Å²) in [6, 6.07) is 1.75. The van der Waals surface area contributed by atoms with E-state index in [0.717, 1.165) is 24.8 Å². The molecule has 8 heteroatoms. The van der Waals surface area contributed by atoms with E-state index in [9.17, 15) is 5.11 Å². The van der Waals surface area contributed by atoms with Crippen molar-refractivity contribution >= 4 is 46.0 Å². The maximum Gasteiger partial charge on any atom is 0.164 e. The molecule has 1 aliphatic rings. The van der Waals surface area contributed by atoms with Gasteiger partial charge in [0, 0.05) is 12.6 Å². The minimum absolute atomic E-state index is 0.224. The van der Waals surface area contributed by atoms with Crippen LogP contribution in [0.5, 0.6) is 0 Å². The van der Waals surface area contributed by atoms with Crippen LogP contribution in [0, 0.1) is 0 Å². The number of anilines is 1. The monoisotopic (exact) mass is 428 g/mol. The van der Waals surface area contributed by atoms with Gasteiger partial charge in [-0.15, -0.1) is 13.2 Å². The lowest BCUT2D eigenvalue weighted by Crippen LogP contribution is -2.28. The Bertz CT molecular complexity index is 818. The molecule has 3 heterocycles. The quantitative estimate of drug-likeness (QED) is 0.564. The molecule has 2 aromatic rings. The Morgan fingerprint density at radius 3 is 2.84 bits per heavy atom. The standard InChI is InChI=1S/C17H26BrN4O2P/c1-5-12-21-14-10(19)6-8-20-16(14)22(12)17-13(18)15(23)11(24-17)7-9-25(2,3)4/h6,8,11,13,15,17,23H,2,5,7,9H2,1,3-4H3,(H2,19,20)/t11-,13-,15-,17-/m1/s1. The molecule has 0 aliphatic carbocycles. The molecule has 0 spiro atoms. The van der Waals surface area contributed by atoms with Gasteiger partial charge >= 0.3 is 0 Å². The number of ether oxygens (including phenoxy) is 1. The molecule has 4 atom stereocenters. The molecule has 3 N–H and O–H groups in total. The molecule has 25 heavy (non-hydrogen) atoms. The number of nitrogens with zero attached hydrogens (tertiary/aromatic N) is 3. The number of aliphatic hydroxyl groups is 1. The molecular weight excluding hydrogens is 403 g/mol. The summed E-state index contributed by atoms with van der Waals surface area (Å²) in [7, 11) is 0. The number of aliphatic hydroxyl groups excluding tert-OH is 1. The molecule has 1 aliphatic heterocycles. The van der Waals surface area contributed by atoms with Gasteiger partial charge in [-0.05, 0) is 32.0 Å². The highest BCUT2D eigenvalue weighted by Crippen LogP contribution is 2.42. The minimum Gasteiger partial charge on any atom is -0.397 e. The molecule has 0 radical (unpaired) electrons. The van der Waals surface area contributed by atoms with Gasteiger partial charge in [-0.3, -0.25) is 4.57 Å². The van der Waals surface area contributed by atoms with Gasteiger partial charge in [0.15, 0.2) is 11.9 Å². The van der Waals surface area contributed by atoms with Crippen LogP contribution in [-0.4, -0.2) is 62.5 Å². The maximum absolute atomic E-state index is 10.7. The van der Waals surface area contributed by atoms with Crippen LogP contribution in [0.3, 0.4) is 0 Å². The van der Waals surface area contributed by atoms with Crippen molar-refractivity contribution in [2.45, 2.75) is 43.0 Å². The van der Waals surface area contributed by atoms with Crippen LogP contribution in [0.25, 0.3) is 11.2 Å². The number of imidazole rings is 1. The van der Waals surface area contributed by atoms with Crippen molar-refractivity contribution in [3.63, 3.8) is 0 Å². The van der Waals surface area contributed by atoms with E-state index < -0.39 is 13.0 Å². The Labute approximate surface area is 156 Å². The van der Waals surface area contributed by atoms with E-state index in [1.165, 1.54) is 0 Å². The van der Waals surface area contributed by atoms with Gasteiger partial charge in [-0.25, -0.2) is 9.97 Å². The normalized spacial score (nSPS) is 27.2. The second-order valence-electron chi connectivity index (χ2n) is 7.27. The number of aromatic nitrogens is 3. The van der Waals surface area contributed by atoms with E-state index in [4.69, 9.17) is 10.5 Å². The molecule has 138 valence electrons. The molecular formula is C17H26BrN4O2P. The molecule has 0 saturated carbocycles. The first-order valence-electron chi connectivity index (χ1n) is 8.49. The first-order valence-corrected chi connectivity index (χ1v) is 12.5. The predicted octanol–water partition coefficient (Wildman–Crippen LogP) is 2.70. The number of hydrogen-bond donors (Lipinski definition) is 2. The summed E-state index contributed by atoms with van der Waals surface area (Å²) in [4.78, 5) is 8.86. The molecule has 1 fully saturated rings. The van der Waals surface area contributed by atoms with Gasteiger partial charge in [0.2, 0.25) is 0 Å². The van der Waals surface area contributed by atoms with Gasteiger partial charge in [0.25, 0.3) is 0 Å². The zero-order valence-electron chi connectivity index (χ0n) is 14.9. The highest BCUT2D eigenvalue weighted by atomic mass is 79.9. The van der Waals surface area contributed by atoms with Crippen LogP contribution in [-0.2, 0) is 11.2 Å². The lowest BCUT2D eigenvalue weighted by atomic mass is 10.1. The van der Waals surface area contributed by atoms with E-state index >= 15 is 0 Å². The number of rotatable bonds is 5. The van der Waals surface area contributed by atoms with Crippen molar-refractivity contribution in [1.29, 1.82) is 0 Å². The number of nitrogens with two attached hydrogens (primary N) is 1. The van der Waals surface area contributed by atoms with E-state index in [0.29, 0.717) is 16.9 Å². The Balaban J connectivity index is 1.95. The fourth-order valence-corrected chi connectivity index (χ4v) is 4.85. The third-order valence-corrected chi connectivity index (χ3v) is 7.03. The van der Waals surface area contributed by atoms with E-state index in [2.05, 4.69) is 45.5 Å². The van der Waals surface area contributed by atoms with E-state index in [1.807, 2.05) is 11.5 Å². The summed E-state index contributed by atoms with van der Waals surface area (Å²) in [5, 5.41) is 10.7. The third-order valence-electron chi connectivity index (χ3n) is 4.57. The fourth-order valence-electron chi connectivity index (χ4n) is 3.20. The van der Waals surface area contributed by atoms with Gasteiger partial charge in [-0.2, -0.15) is 0 Å². The van der Waals surface area contributed by atoms with Crippen molar-refractivity contribution in [3.8, 4) is 0 Å². The number of nitrogen functional groups attached to an aromatic ring is 1. The smallest absolute Gasteiger partial charge is 0.164 e. The highest BCUT2D eigenvalue weighted by Gasteiger charge is 2.44. The van der Waals surface area contributed by atoms with Crippen LogP contribution in [0.2, 0.25) is 0 Å². The number of alkyl halides is 1. The summed E-state index contributed by atoms with van der Waals surface area (Å²) in [6.07, 6.45) is 7.27. The lowest BCUT2D eigenvalue weighted by molar-refractivity contribution is -0.0184.